The minimum absolute atomic E-state index is 0.0246. The van der Waals surface area contributed by atoms with E-state index in [2.05, 4.69) is 4.74 Å². The summed E-state index contributed by atoms with van der Waals surface area (Å²) in [6.45, 7) is 11.7. The first-order valence-corrected chi connectivity index (χ1v) is 10.8. The molecule has 3 nitrogen and oxygen atoms in total. The van der Waals surface area contributed by atoms with Gasteiger partial charge in [0.25, 0.3) is 8.32 Å². The zero-order valence-corrected chi connectivity index (χ0v) is 16.4. The number of methoxy groups -OCH3 is 1. The summed E-state index contributed by atoms with van der Waals surface area (Å²) in [6.07, 6.45) is 1.53. The third-order valence-electron chi connectivity index (χ3n) is 4.40. The fourth-order valence-corrected chi connectivity index (χ4v) is 2.88. The minimum atomic E-state index is -2.32. The highest BCUT2D eigenvalue weighted by Gasteiger charge is 2.39. The zero-order valence-electron chi connectivity index (χ0n) is 15.4. The van der Waals surface area contributed by atoms with Crippen LogP contribution in [0.1, 0.15) is 39.7 Å². The van der Waals surface area contributed by atoms with Crippen molar-refractivity contribution in [1.29, 1.82) is 0 Å². The third kappa shape index (κ3) is 4.66. The lowest BCUT2D eigenvalue weighted by Gasteiger charge is -2.36. The Morgan fingerprint density at radius 1 is 1.25 bits per heavy atom. The lowest BCUT2D eigenvalue weighted by molar-refractivity contribution is -0.134. The maximum absolute atomic E-state index is 14.9. The Balaban J connectivity index is 3.40. The lowest BCUT2D eigenvalue weighted by atomic mass is 10.0. The van der Waals surface area contributed by atoms with E-state index in [9.17, 15) is 13.6 Å². The van der Waals surface area contributed by atoms with E-state index in [4.69, 9.17) is 4.43 Å². The van der Waals surface area contributed by atoms with Crippen molar-refractivity contribution in [2.75, 3.05) is 7.11 Å². The molecule has 0 atom stereocenters. The van der Waals surface area contributed by atoms with Gasteiger partial charge in [0.05, 0.1) is 7.11 Å². The molecular formula is C18H26F2O3Si. The van der Waals surface area contributed by atoms with Crippen LogP contribution < -0.4 is 4.43 Å². The number of esters is 1. The van der Waals surface area contributed by atoms with Crippen LogP contribution >= 0.6 is 0 Å². The standard InChI is InChI=1S/C18H26F2O3Si/c1-8-12(9-16(21)22-5)14-10-13(19)11-15(17(14)20)23-24(6,7)18(2,3)4/h9-11H,8H2,1-7H3. The van der Waals surface area contributed by atoms with Gasteiger partial charge in [-0.05, 0) is 36.2 Å². The van der Waals surface area contributed by atoms with Crippen LogP contribution in [0.3, 0.4) is 0 Å². The topological polar surface area (TPSA) is 35.5 Å². The van der Waals surface area contributed by atoms with Crippen molar-refractivity contribution in [3.63, 3.8) is 0 Å². The Bertz CT molecular complexity index is 646. The Kier molecular flexibility index (Phi) is 6.33. The normalized spacial score (nSPS) is 13.0. The van der Waals surface area contributed by atoms with Crippen LogP contribution in [0.4, 0.5) is 8.78 Å². The summed E-state index contributed by atoms with van der Waals surface area (Å²) in [5, 5.41) is -0.151. The molecule has 0 aromatic heterocycles. The molecule has 0 amide bonds. The first-order chi connectivity index (χ1) is 10.9. The monoisotopic (exact) mass is 356 g/mol. The van der Waals surface area contributed by atoms with Gasteiger partial charge < -0.3 is 9.16 Å². The van der Waals surface area contributed by atoms with E-state index in [0.29, 0.717) is 12.0 Å². The first-order valence-electron chi connectivity index (χ1n) is 7.90. The van der Waals surface area contributed by atoms with Crippen molar-refractivity contribution in [1.82, 2.24) is 0 Å². The minimum Gasteiger partial charge on any atom is -0.541 e. The summed E-state index contributed by atoms with van der Waals surface area (Å²) in [7, 11) is -1.09. The highest BCUT2D eigenvalue weighted by atomic mass is 28.4. The molecule has 0 aliphatic carbocycles. The van der Waals surface area contributed by atoms with E-state index < -0.39 is 25.9 Å². The fraction of sp³-hybridized carbons (Fsp3) is 0.500. The smallest absolute Gasteiger partial charge is 0.330 e. The van der Waals surface area contributed by atoms with Gasteiger partial charge in [-0.1, -0.05) is 27.7 Å². The van der Waals surface area contributed by atoms with Crippen LogP contribution in [0.15, 0.2) is 18.2 Å². The van der Waals surface area contributed by atoms with Gasteiger partial charge in [0.2, 0.25) is 0 Å². The van der Waals surface area contributed by atoms with Gasteiger partial charge in [0, 0.05) is 17.7 Å². The van der Waals surface area contributed by atoms with Gasteiger partial charge in [0.15, 0.2) is 5.82 Å². The molecule has 0 heterocycles. The van der Waals surface area contributed by atoms with Crippen LogP contribution in [0, 0.1) is 11.6 Å². The van der Waals surface area contributed by atoms with Crippen LogP contribution in [0.25, 0.3) is 5.57 Å². The van der Waals surface area contributed by atoms with Crippen molar-refractivity contribution >= 4 is 19.9 Å². The second-order valence-electron chi connectivity index (χ2n) is 7.17. The van der Waals surface area contributed by atoms with Gasteiger partial charge in [-0.25, -0.2) is 13.6 Å². The molecule has 1 rings (SSSR count). The van der Waals surface area contributed by atoms with Crippen LogP contribution in [-0.2, 0) is 9.53 Å². The molecule has 134 valence electrons. The lowest BCUT2D eigenvalue weighted by Crippen LogP contribution is -2.44. The number of allylic oxidation sites excluding steroid dienone is 1. The SMILES string of the molecule is CCC(=CC(=O)OC)c1cc(F)cc(O[Si](C)(C)C(C)(C)C)c1F. The summed E-state index contributed by atoms with van der Waals surface area (Å²) in [6, 6.07) is 2.14. The van der Waals surface area contributed by atoms with E-state index in [1.54, 1.807) is 6.92 Å². The number of hydrogen-bond donors (Lipinski definition) is 0. The molecule has 0 saturated carbocycles. The Hall–Kier alpha value is -1.69. The van der Waals surface area contributed by atoms with E-state index >= 15 is 0 Å². The molecule has 0 N–H and O–H groups in total. The summed E-state index contributed by atoms with van der Waals surface area (Å²) in [5.41, 5.74) is 0.385. The molecule has 0 saturated heterocycles. The molecule has 1 aromatic carbocycles. The fourth-order valence-electron chi connectivity index (χ4n) is 1.87. The highest BCUT2D eigenvalue weighted by molar-refractivity contribution is 6.74. The summed E-state index contributed by atoms with van der Waals surface area (Å²) >= 11 is 0. The summed E-state index contributed by atoms with van der Waals surface area (Å²) in [4.78, 5) is 11.5. The van der Waals surface area contributed by atoms with Crippen LogP contribution in [0.5, 0.6) is 5.75 Å². The second-order valence-corrected chi connectivity index (χ2v) is 11.9. The van der Waals surface area contributed by atoms with E-state index in [1.165, 1.54) is 13.2 Å². The van der Waals surface area contributed by atoms with Crippen LogP contribution in [0.2, 0.25) is 18.1 Å². The van der Waals surface area contributed by atoms with Gasteiger partial charge in [-0.2, -0.15) is 0 Å². The maximum atomic E-state index is 14.9. The van der Waals surface area contributed by atoms with Crippen LogP contribution in [-0.4, -0.2) is 21.4 Å². The number of ether oxygens (including phenoxy) is 1. The molecule has 1 aromatic rings. The Morgan fingerprint density at radius 3 is 2.29 bits per heavy atom. The largest absolute Gasteiger partial charge is 0.541 e. The number of halogens is 2. The van der Waals surface area contributed by atoms with Gasteiger partial charge in [-0.15, -0.1) is 0 Å². The summed E-state index contributed by atoms with van der Waals surface area (Å²) in [5.74, 6) is -1.98. The molecule has 0 fully saturated rings. The van der Waals surface area contributed by atoms with Crippen molar-refractivity contribution in [3.05, 3.63) is 35.4 Å². The quantitative estimate of drug-likeness (QED) is 0.407. The molecular weight excluding hydrogens is 330 g/mol. The molecule has 0 unspecified atom stereocenters. The number of carbonyl (C=O) groups excluding carboxylic acids is 1. The molecule has 0 aliphatic rings. The number of carbonyl (C=O) groups is 1. The average Bonchev–Trinajstić information content (AvgIpc) is 2.46. The highest BCUT2D eigenvalue weighted by Crippen LogP contribution is 2.39. The van der Waals surface area contributed by atoms with Crippen molar-refractivity contribution < 1.29 is 22.7 Å². The number of hydrogen-bond acceptors (Lipinski definition) is 3. The van der Waals surface area contributed by atoms with E-state index in [1.807, 2.05) is 33.9 Å². The zero-order chi connectivity index (χ0) is 18.7. The predicted octanol–water partition coefficient (Wildman–Crippen LogP) is 5.32. The molecule has 6 heteroatoms. The molecule has 0 spiro atoms. The maximum Gasteiger partial charge on any atom is 0.330 e. The molecule has 24 heavy (non-hydrogen) atoms. The van der Waals surface area contributed by atoms with Crippen molar-refractivity contribution in [2.24, 2.45) is 0 Å². The molecule has 0 aliphatic heterocycles. The third-order valence-corrected chi connectivity index (χ3v) is 8.74. The average molecular weight is 356 g/mol. The number of rotatable bonds is 5. The molecule has 0 radical (unpaired) electrons. The first kappa shape index (κ1) is 20.4. The summed E-state index contributed by atoms with van der Waals surface area (Å²) < 4.78 is 39.4. The number of benzene rings is 1. The second kappa shape index (κ2) is 7.47. The van der Waals surface area contributed by atoms with Gasteiger partial charge >= 0.3 is 5.97 Å². The Morgan fingerprint density at radius 2 is 1.83 bits per heavy atom. The van der Waals surface area contributed by atoms with Crippen molar-refractivity contribution in [3.8, 4) is 5.75 Å². The molecule has 0 bridgehead atoms. The van der Waals surface area contributed by atoms with Gasteiger partial charge in [0.1, 0.15) is 11.6 Å². The predicted molar refractivity (Wildman–Crippen MR) is 94.5 cm³/mol. The van der Waals surface area contributed by atoms with E-state index in [0.717, 1.165) is 12.1 Å². The van der Waals surface area contributed by atoms with Crippen molar-refractivity contribution in [2.45, 2.75) is 52.2 Å². The van der Waals surface area contributed by atoms with Gasteiger partial charge in [-0.3, -0.25) is 0 Å². The van der Waals surface area contributed by atoms with E-state index in [-0.39, 0.29) is 16.4 Å². The Labute approximate surface area is 143 Å².